The third-order valence-corrected chi connectivity index (χ3v) is 2.63. The Morgan fingerprint density at radius 2 is 2.36 bits per heavy atom. The molecular formula is C10H16N4. The monoisotopic (exact) mass is 194 g/mol. The molecule has 0 aromatic carbocycles. The van der Waals surface area contributed by atoms with Crippen molar-refractivity contribution in [2.24, 2.45) is 0 Å². The van der Waals surface area contributed by atoms with E-state index in [-0.39, 0.29) is 17.9 Å². The van der Waals surface area contributed by atoms with Crippen molar-refractivity contribution >= 4 is 11.6 Å². The molecule has 1 atom stereocenters. The Morgan fingerprint density at radius 3 is 3.14 bits per heavy atom. The van der Waals surface area contributed by atoms with E-state index >= 15 is 0 Å². The smallest absolute Gasteiger partial charge is 0.151 e. The van der Waals surface area contributed by atoms with E-state index < -0.39 is 0 Å². The minimum Gasteiger partial charge on any atom is -0.382 e. The van der Waals surface area contributed by atoms with Crippen molar-refractivity contribution in [2.75, 3.05) is 17.2 Å². The number of piperidine rings is 1. The van der Waals surface area contributed by atoms with Crippen LogP contribution < -0.4 is 10.6 Å². The van der Waals surface area contributed by atoms with Gasteiger partial charge < -0.3 is 10.6 Å². The van der Waals surface area contributed by atoms with Crippen LogP contribution in [0.2, 0.25) is 0 Å². The van der Waals surface area contributed by atoms with E-state index in [1.165, 1.54) is 6.42 Å². The zero-order valence-electron chi connectivity index (χ0n) is 10.3. The largest absolute Gasteiger partial charge is 0.382 e. The lowest BCUT2D eigenvalue weighted by Gasteiger charge is -2.33. The molecule has 2 heterocycles. The molecule has 0 spiro atoms. The van der Waals surface area contributed by atoms with Crippen LogP contribution in [0.5, 0.6) is 0 Å². The Kier molecular flexibility index (Phi) is 1.92. The van der Waals surface area contributed by atoms with Gasteiger partial charge in [0, 0.05) is 12.6 Å². The minimum absolute atomic E-state index is 0.0252. The van der Waals surface area contributed by atoms with Crippen LogP contribution in [0.25, 0.3) is 0 Å². The van der Waals surface area contributed by atoms with Gasteiger partial charge in [-0.2, -0.15) is 0 Å². The fourth-order valence-electron chi connectivity index (χ4n) is 1.81. The number of nitrogens with zero attached hydrogens (tertiary/aromatic N) is 3. The summed E-state index contributed by atoms with van der Waals surface area (Å²) >= 11 is 0. The Hall–Kier alpha value is -1.32. The average Bonchev–Trinajstić information content (AvgIpc) is 2.28. The number of nitrogens with two attached hydrogens (primary N) is 1. The molecule has 1 aliphatic rings. The normalized spacial score (nSPS) is 24.4. The van der Waals surface area contributed by atoms with Gasteiger partial charge in [0.15, 0.2) is 5.82 Å². The van der Waals surface area contributed by atoms with Gasteiger partial charge in [0.1, 0.15) is 5.82 Å². The van der Waals surface area contributed by atoms with E-state index in [2.05, 4.69) is 22.0 Å². The number of anilines is 2. The number of rotatable bonds is 1. The summed E-state index contributed by atoms with van der Waals surface area (Å²) in [6.07, 6.45) is 3.41. The van der Waals surface area contributed by atoms with Gasteiger partial charge in [0.2, 0.25) is 0 Å². The summed E-state index contributed by atoms with van der Waals surface area (Å²) in [7, 11) is 0. The maximum Gasteiger partial charge on any atom is 0.151 e. The van der Waals surface area contributed by atoms with E-state index in [0.29, 0.717) is 11.9 Å². The Bertz CT molecular complexity index is 397. The summed E-state index contributed by atoms with van der Waals surface area (Å²) < 4.78 is 15.5. The molecule has 0 bridgehead atoms. The second kappa shape index (κ2) is 3.82. The van der Waals surface area contributed by atoms with Crippen LogP contribution in [0, 0.1) is 0 Å². The van der Waals surface area contributed by atoms with Crippen LogP contribution in [0.4, 0.5) is 11.6 Å². The molecule has 1 unspecified atom stereocenters. The van der Waals surface area contributed by atoms with Gasteiger partial charge in [-0.3, -0.25) is 0 Å². The van der Waals surface area contributed by atoms with E-state index in [9.17, 15) is 0 Å². The molecule has 1 aliphatic heterocycles. The van der Waals surface area contributed by atoms with E-state index in [1.807, 2.05) is 0 Å². The standard InChI is InChI=1S/C10H16N4/c1-8-4-2-3-7-14(8)10-6-5-9(11)12-13-10/h5-6,8H,2-4,7H2,1H3,(H2,11,12)/i5D,6D. The Balaban J connectivity index is 2.36. The zero-order chi connectivity index (χ0) is 11.7. The number of aromatic nitrogens is 2. The lowest BCUT2D eigenvalue weighted by atomic mass is 10.0. The van der Waals surface area contributed by atoms with Crippen molar-refractivity contribution < 1.29 is 2.74 Å². The fourth-order valence-corrected chi connectivity index (χ4v) is 1.81. The summed E-state index contributed by atoms with van der Waals surface area (Å²) in [6.45, 7) is 2.99. The molecule has 2 rings (SSSR count). The summed E-state index contributed by atoms with van der Waals surface area (Å²) in [5.74, 6) is 0.518. The van der Waals surface area contributed by atoms with Crippen LogP contribution in [0.15, 0.2) is 12.1 Å². The molecule has 4 nitrogen and oxygen atoms in total. The summed E-state index contributed by atoms with van der Waals surface area (Å²) in [5.41, 5.74) is 5.45. The van der Waals surface area contributed by atoms with Crippen molar-refractivity contribution in [1.82, 2.24) is 10.2 Å². The third-order valence-electron chi connectivity index (χ3n) is 2.63. The van der Waals surface area contributed by atoms with Crippen LogP contribution in [0.3, 0.4) is 0 Å². The first kappa shape index (κ1) is 7.04. The predicted octanol–water partition coefficient (Wildman–Crippen LogP) is 1.44. The molecule has 1 fully saturated rings. The highest BCUT2D eigenvalue weighted by Crippen LogP contribution is 2.22. The first-order chi connectivity index (χ1) is 7.61. The van der Waals surface area contributed by atoms with E-state index in [0.717, 1.165) is 19.4 Å². The molecule has 1 aromatic heterocycles. The average molecular weight is 194 g/mol. The lowest BCUT2D eigenvalue weighted by Crippen LogP contribution is -2.38. The molecule has 1 aromatic rings. The molecule has 0 amide bonds. The summed E-state index contributed by atoms with van der Waals surface area (Å²) in [5, 5.41) is 7.68. The highest BCUT2D eigenvalue weighted by molar-refractivity contribution is 5.42. The first-order valence-electron chi connectivity index (χ1n) is 5.97. The highest BCUT2D eigenvalue weighted by Gasteiger charge is 2.19. The topological polar surface area (TPSA) is 55.0 Å². The molecule has 4 heteroatoms. The number of hydrogen-bond acceptors (Lipinski definition) is 4. The summed E-state index contributed by atoms with van der Waals surface area (Å²) in [6, 6.07) is 0.416. The molecule has 0 saturated carbocycles. The second-order valence-corrected chi connectivity index (χ2v) is 3.70. The number of hydrogen-bond donors (Lipinski definition) is 1. The van der Waals surface area contributed by atoms with Crippen molar-refractivity contribution in [3.8, 4) is 0 Å². The molecule has 76 valence electrons. The van der Waals surface area contributed by atoms with E-state index in [1.54, 1.807) is 0 Å². The van der Waals surface area contributed by atoms with Gasteiger partial charge in [0.25, 0.3) is 0 Å². The van der Waals surface area contributed by atoms with Crippen molar-refractivity contribution in [3.05, 3.63) is 12.1 Å². The van der Waals surface area contributed by atoms with Crippen LogP contribution in [-0.4, -0.2) is 22.8 Å². The maximum atomic E-state index is 7.85. The van der Waals surface area contributed by atoms with Crippen LogP contribution >= 0.6 is 0 Å². The Morgan fingerprint density at radius 1 is 1.50 bits per heavy atom. The van der Waals surface area contributed by atoms with Crippen molar-refractivity contribution in [3.63, 3.8) is 0 Å². The molecular weight excluding hydrogens is 176 g/mol. The fraction of sp³-hybridized carbons (Fsp3) is 0.600. The lowest BCUT2D eigenvalue weighted by molar-refractivity contribution is 0.480. The highest BCUT2D eigenvalue weighted by atomic mass is 15.3. The van der Waals surface area contributed by atoms with Gasteiger partial charge in [-0.15, -0.1) is 10.2 Å². The van der Waals surface area contributed by atoms with Crippen molar-refractivity contribution in [1.29, 1.82) is 0 Å². The molecule has 0 radical (unpaired) electrons. The number of nitrogen functional groups attached to an aromatic ring is 1. The van der Waals surface area contributed by atoms with Gasteiger partial charge in [0.05, 0.1) is 2.74 Å². The van der Waals surface area contributed by atoms with Gasteiger partial charge in [-0.1, -0.05) is 0 Å². The Labute approximate surface area is 86.9 Å². The SMILES string of the molecule is [2H]c1c(N)nnc(N2CCCCC2C)c1[2H]. The third kappa shape index (κ3) is 1.78. The van der Waals surface area contributed by atoms with Crippen LogP contribution in [-0.2, 0) is 0 Å². The van der Waals surface area contributed by atoms with Gasteiger partial charge >= 0.3 is 0 Å². The first-order valence-corrected chi connectivity index (χ1v) is 4.97. The molecule has 14 heavy (non-hydrogen) atoms. The molecule has 1 saturated heterocycles. The predicted molar refractivity (Wildman–Crippen MR) is 57.1 cm³/mol. The van der Waals surface area contributed by atoms with Crippen LogP contribution in [0.1, 0.15) is 28.9 Å². The second-order valence-electron chi connectivity index (χ2n) is 3.70. The summed E-state index contributed by atoms with van der Waals surface area (Å²) in [4.78, 5) is 2.05. The van der Waals surface area contributed by atoms with Gasteiger partial charge in [-0.05, 0) is 38.3 Å². The zero-order valence-corrected chi connectivity index (χ0v) is 8.32. The van der Waals surface area contributed by atoms with Gasteiger partial charge in [-0.25, -0.2) is 0 Å². The molecule has 2 N–H and O–H groups in total. The maximum absolute atomic E-state index is 7.85. The van der Waals surface area contributed by atoms with E-state index in [4.69, 9.17) is 8.48 Å². The quantitative estimate of drug-likeness (QED) is 0.735. The van der Waals surface area contributed by atoms with Crippen molar-refractivity contribution in [2.45, 2.75) is 32.2 Å². The minimum atomic E-state index is -0.0252. The molecule has 0 aliphatic carbocycles.